The number of rotatable bonds is 11. The molecule has 9 heteroatoms. The van der Waals surface area contributed by atoms with Gasteiger partial charge >= 0.3 is 0 Å². The van der Waals surface area contributed by atoms with E-state index in [1.807, 2.05) is 36.4 Å². The monoisotopic (exact) mass is 490 g/mol. The van der Waals surface area contributed by atoms with Crippen LogP contribution in [0.4, 0.5) is 0 Å². The highest BCUT2D eigenvalue weighted by atomic mass is 32.2. The molecule has 2 heterocycles. The second-order valence-electron chi connectivity index (χ2n) is 7.88. The lowest BCUT2D eigenvalue weighted by atomic mass is 10.2. The Bertz CT molecular complexity index is 1340. The lowest BCUT2D eigenvalue weighted by molar-refractivity contribution is -0.121. The number of aromatic nitrogens is 2. The van der Waals surface area contributed by atoms with Crippen LogP contribution in [0.15, 0.2) is 87.4 Å². The van der Waals surface area contributed by atoms with Gasteiger partial charge in [0.1, 0.15) is 5.76 Å². The maximum atomic E-state index is 13.2. The first-order chi connectivity index (χ1) is 17.1. The minimum Gasteiger partial charge on any atom is -0.467 e. The van der Waals surface area contributed by atoms with Crippen LogP contribution in [0.1, 0.15) is 24.2 Å². The molecule has 180 valence electrons. The van der Waals surface area contributed by atoms with Crippen molar-refractivity contribution < 1.29 is 14.0 Å². The van der Waals surface area contributed by atoms with Crippen LogP contribution in [0, 0.1) is 0 Å². The van der Waals surface area contributed by atoms with E-state index in [2.05, 4.69) is 15.6 Å². The van der Waals surface area contributed by atoms with Gasteiger partial charge in [0.05, 0.1) is 29.5 Å². The summed E-state index contributed by atoms with van der Waals surface area (Å²) in [5.41, 5.74) is 1.42. The van der Waals surface area contributed by atoms with E-state index in [1.54, 1.807) is 41.2 Å². The second-order valence-corrected chi connectivity index (χ2v) is 8.82. The van der Waals surface area contributed by atoms with Crippen LogP contribution >= 0.6 is 11.8 Å². The van der Waals surface area contributed by atoms with Crippen LogP contribution in [0.25, 0.3) is 10.9 Å². The Morgan fingerprint density at radius 2 is 1.69 bits per heavy atom. The Balaban J connectivity index is 1.38. The summed E-state index contributed by atoms with van der Waals surface area (Å²) in [5, 5.41) is 6.65. The SMILES string of the molecule is O=C(CCCn1c(SCC(=O)NCc2ccco2)nc2ccccc2c1=O)NCc1ccccc1. The maximum absolute atomic E-state index is 13.2. The number of amides is 2. The van der Waals surface area contributed by atoms with Crippen molar-refractivity contribution in [3.63, 3.8) is 0 Å². The molecule has 2 aromatic heterocycles. The van der Waals surface area contributed by atoms with Crippen LogP contribution in [0.2, 0.25) is 0 Å². The number of thioether (sulfide) groups is 1. The zero-order chi connectivity index (χ0) is 24.5. The molecule has 0 radical (unpaired) electrons. The molecule has 35 heavy (non-hydrogen) atoms. The number of nitrogens with one attached hydrogen (secondary N) is 2. The molecule has 0 saturated carbocycles. The number of carbonyl (C=O) groups is 2. The van der Waals surface area contributed by atoms with E-state index < -0.39 is 0 Å². The third kappa shape index (κ3) is 6.83. The second kappa shape index (κ2) is 12.0. The molecule has 0 aliphatic rings. The predicted octanol–water partition coefficient (Wildman–Crippen LogP) is 3.49. The first-order valence-electron chi connectivity index (χ1n) is 11.3. The highest BCUT2D eigenvalue weighted by Gasteiger charge is 2.14. The van der Waals surface area contributed by atoms with Crippen molar-refractivity contribution in [1.29, 1.82) is 0 Å². The van der Waals surface area contributed by atoms with E-state index in [-0.39, 0.29) is 29.5 Å². The van der Waals surface area contributed by atoms with E-state index in [1.165, 1.54) is 11.8 Å². The molecule has 2 N–H and O–H groups in total. The van der Waals surface area contributed by atoms with Crippen LogP contribution in [0.3, 0.4) is 0 Å². The van der Waals surface area contributed by atoms with Gasteiger partial charge in [0.25, 0.3) is 5.56 Å². The van der Waals surface area contributed by atoms with Crippen molar-refractivity contribution in [3.05, 3.63) is 94.7 Å². The van der Waals surface area contributed by atoms with E-state index >= 15 is 0 Å². The van der Waals surface area contributed by atoms with Crippen molar-refractivity contribution in [1.82, 2.24) is 20.2 Å². The molecule has 0 aliphatic heterocycles. The standard InChI is InChI=1S/C26H26N4O4S/c31-23(27-16-19-8-2-1-3-9-19)13-6-14-30-25(33)21-11-4-5-12-22(21)29-26(30)35-18-24(32)28-17-20-10-7-15-34-20/h1-5,7-12,15H,6,13-14,16-18H2,(H,27,31)(H,28,32). The number of fused-ring (bicyclic) bond motifs is 1. The zero-order valence-corrected chi connectivity index (χ0v) is 19.9. The highest BCUT2D eigenvalue weighted by molar-refractivity contribution is 7.99. The van der Waals surface area contributed by atoms with Gasteiger partial charge in [-0.15, -0.1) is 0 Å². The normalized spacial score (nSPS) is 10.9. The van der Waals surface area contributed by atoms with Crippen molar-refractivity contribution in [2.24, 2.45) is 0 Å². The lowest BCUT2D eigenvalue weighted by Gasteiger charge is -2.13. The molecule has 0 atom stereocenters. The number of para-hydroxylation sites is 1. The highest BCUT2D eigenvalue weighted by Crippen LogP contribution is 2.18. The van der Waals surface area contributed by atoms with Gasteiger partial charge in [0, 0.05) is 19.5 Å². The Morgan fingerprint density at radius 3 is 2.49 bits per heavy atom. The van der Waals surface area contributed by atoms with Crippen molar-refractivity contribution in [2.45, 2.75) is 37.6 Å². The number of hydrogen-bond donors (Lipinski definition) is 2. The molecule has 0 spiro atoms. The maximum Gasteiger partial charge on any atom is 0.262 e. The summed E-state index contributed by atoms with van der Waals surface area (Å²) in [7, 11) is 0. The van der Waals surface area contributed by atoms with E-state index in [0.29, 0.717) is 47.9 Å². The third-order valence-corrected chi connectivity index (χ3v) is 6.29. The minimum absolute atomic E-state index is 0.0813. The Labute approximate surface area is 206 Å². The fourth-order valence-electron chi connectivity index (χ4n) is 3.52. The van der Waals surface area contributed by atoms with Crippen LogP contribution in [-0.2, 0) is 29.2 Å². The average molecular weight is 491 g/mol. The van der Waals surface area contributed by atoms with Crippen LogP contribution < -0.4 is 16.2 Å². The molecule has 0 aliphatic carbocycles. The zero-order valence-electron chi connectivity index (χ0n) is 19.1. The first kappa shape index (κ1) is 24.3. The number of carbonyl (C=O) groups excluding carboxylic acids is 2. The van der Waals surface area contributed by atoms with E-state index in [0.717, 1.165) is 5.56 Å². The molecule has 0 fully saturated rings. The molecular formula is C26H26N4O4S. The summed E-state index contributed by atoms with van der Waals surface area (Å²) in [4.78, 5) is 42.4. The summed E-state index contributed by atoms with van der Waals surface area (Å²) >= 11 is 1.20. The van der Waals surface area contributed by atoms with Gasteiger partial charge in [-0.25, -0.2) is 4.98 Å². The molecule has 0 saturated heterocycles. The molecule has 2 aromatic carbocycles. The minimum atomic E-state index is -0.194. The van der Waals surface area contributed by atoms with Crippen LogP contribution in [0.5, 0.6) is 0 Å². The Hall–Kier alpha value is -3.85. The number of benzene rings is 2. The number of furan rings is 1. The largest absolute Gasteiger partial charge is 0.467 e. The summed E-state index contributed by atoms with van der Waals surface area (Å²) in [6.07, 6.45) is 2.30. The lowest BCUT2D eigenvalue weighted by Crippen LogP contribution is -2.27. The Morgan fingerprint density at radius 1 is 0.914 bits per heavy atom. The molecular weight excluding hydrogens is 464 g/mol. The summed E-state index contributed by atoms with van der Waals surface area (Å²) in [6.45, 7) is 1.08. The van der Waals surface area contributed by atoms with E-state index in [9.17, 15) is 14.4 Å². The molecule has 4 aromatic rings. The van der Waals surface area contributed by atoms with Crippen molar-refractivity contribution in [2.75, 3.05) is 5.75 Å². The van der Waals surface area contributed by atoms with Gasteiger partial charge in [-0.2, -0.15) is 0 Å². The van der Waals surface area contributed by atoms with Crippen molar-refractivity contribution >= 4 is 34.5 Å². The summed E-state index contributed by atoms with van der Waals surface area (Å²) in [6, 6.07) is 20.4. The van der Waals surface area contributed by atoms with Crippen LogP contribution in [-0.4, -0.2) is 27.1 Å². The van der Waals surface area contributed by atoms with Gasteiger partial charge in [0.2, 0.25) is 11.8 Å². The fraction of sp³-hybridized carbons (Fsp3) is 0.231. The molecule has 0 bridgehead atoms. The summed E-state index contributed by atoms with van der Waals surface area (Å²) < 4.78 is 6.78. The van der Waals surface area contributed by atoms with Gasteiger partial charge in [-0.05, 0) is 36.2 Å². The predicted molar refractivity (Wildman–Crippen MR) is 135 cm³/mol. The first-order valence-corrected chi connectivity index (χ1v) is 12.3. The van der Waals surface area contributed by atoms with Gasteiger partial charge in [-0.1, -0.05) is 54.2 Å². The smallest absolute Gasteiger partial charge is 0.262 e. The summed E-state index contributed by atoms with van der Waals surface area (Å²) in [5.74, 6) is 0.487. The average Bonchev–Trinajstić information content (AvgIpc) is 3.41. The molecule has 2 amide bonds. The number of hydrogen-bond acceptors (Lipinski definition) is 6. The molecule has 0 unspecified atom stereocenters. The van der Waals surface area contributed by atoms with E-state index in [4.69, 9.17) is 4.42 Å². The third-order valence-electron chi connectivity index (χ3n) is 5.32. The molecule has 4 rings (SSSR count). The fourth-order valence-corrected chi connectivity index (χ4v) is 4.37. The van der Waals surface area contributed by atoms with Gasteiger partial charge in [-0.3, -0.25) is 19.0 Å². The van der Waals surface area contributed by atoms with Gasteiger partial charge in [0.15, 0.2) is 5.16 Å². The number of nitrogens with zero attached hydrogens (tertiary/aromatic N) is 2. The Kier molecular flexibility index (Phi) is 8.34. The van der Waals surface area contributed by atoms with Crippen molar-refractivity contribution in [3.8, 4) is 0 Å². The quantitative estimate of drug-likeness (QED) is 0.246. The molecule has 8 nitrogen and oxygen atoms in total. The van der Waals surface area contributed by atoms with Gasteiger partial charge < -0.3 is 15.1 Å². The topological polar surface area (TPSA) is 106 Å².